The first-order valence-electron chi connectivity index (χ1n) is 20.4. The van der Waals surface area contributed by atoms with Crippen molar-refractivity contribution in [3.05, 3.63) is 185 Å². The number of anilines is 3. The number of hydrogen-bond donors (Lipinski definition) is 0. The molecule has 0 bridgehead atoms. The Balaban J connectivity index is 1.20. The summed E-state index contributed by atoms with van der Waals surface area (Å²) >= 11 is 0. The van der Waals surface area contributed by atoms with Crippen molar-refractivity contribution in [2.24, 2.45) is 0 Å². The lowest BCUT2D eigenvalue weighted by Crippen LogP contribution is -2.28. The minimum Gasteiger partial charge on any atom is -0.310 e. The molecule has 4 aliphatic rings. The van der Waals surface area contributed by atoms with E-state index in [-0.39, 0.29) is 16.2 Å². The van der Waals surface area contributed by atoms with Crippen LogP contribution in [0, 0.1) is 0 Å². The molecule has 268 valence electrons. The van der Waals surface area contributed by atoms with Crippen molar-refractivity contribution < 1.29 is 0 Å². The molecular weight excluding hydrogens is 663 g/mol. The molecule has 1 saturated carbocycles. The van der Waals surface area contributed by atoms with Crippen LogP contribution >= 0.6 is 0 Å². The minimum absolute atomic E-state index is 0.0645. The lowest BCUT2D eigenvalue weighted by atomic mass is 9.68. The van der Waals surface area contributed by atoms with Crippen LogP contribution in [0.25, 0.3) is 44.5 Å². The highest BCUT2D eigenvalue weighted by Gasteiger charge is 2.45. The number of para-hydroxylation sites is 1. The van der Waals surface area contributed by atoms with Crippen LogP contribution in [0.15, 0.2) is 152 Å². The lowest BCUT2D eigenvalue weighted by molar-refractivity contribution is 0.353. The second-order valence-corrected chi connectivity index (χ2v) is 17.5. The van der Waals surface area contributed by atoms with Gasteiger partial charge in [-0.3, -0.25) is 0 Å². The third kappa shape index (κ3) is 4.41. The van der Waals surface area contributed by atoms with Crippen LogP contribution < -0.4 is 4.90 Å². The molecule has 1 heteroatoms. The molecule has 0 aliphatic heterocycles. The van der Waals surface area contributed by atoms with E-state index in [0.717, 1.165) is 0 Å². The fourth-order valence-corrected chi connectivity index (χ4v) is 11.6. The SMILES string of the molecule is CC1(C)c2ccccc2-c2c(-c3ccccc3N(c3ccc4c(c3)C3(CCCCC3)c3ccccc3-4)c3cccc4c3C(C)(C)c3ccccc3-4)cccc21. The summed E-state index contributed by atoms with van der Waals surface area (Å²) in [5.74, 6) is 0. The quantitative estimate of drug-likeness (QED) is 0.176. The molecule has 0 aromatic heterocycles. The standard InChI is InChI=1S/C54H47N/c1-52(2)44-25-11-8-21-42(44)50-40(22-16-27-46(50)52)39-20-9-13-28-48(39)55(49-29-17-23-41-37-19-6-10-24-43(37)53(3,4)51(41)49)35-30-31-38-36-18-7-12-26-45(36)54(47(38)34-35)32-14-5-15-33-54/h6-13,16-31,34H,5,14-15,32-33H2,1-4H3. The second kappa shape index (κ2) is 11.7. The lowest BCUT2D eigenvalue weighted by Gasteiger charge is -2.37. The van der Waals surface area contributed by atoms with Gasteiger partial charge in [-0.05, 0) is 109 Å². The summed E-state index contributed by atoms with van der Waals surface area (Å²) in [5, 5.41) is 0. The molecule has 1 fully saturated rings. The summed E-state index contributed by atoms with van der Waals surface area (Å²) in [6.07, 6.45) is 6.31. The summed E-state index contributed by atoms with van der Waals surface area (Å²) in [4.78, 5) is 2.63. The molecule has 7 aromatic rings. The van der Waals surface area contributed by atoms with Crippen LogP contribution in [0.5, 0.6) is 0 Å². The molecule has 0 radical (unpaired) electrons. The summed E-state index contributed by atoms with van der Waals surface area (Å²) in [6, 6.07) is 58.1. The normalized spacial score (nSPS) is 17.2. The smallest absolute Gasteiger partial charge is 0.0540 e. The van der Waals surface area contributed by atoms with Crippen molar-refractivity contribution in [2.45, 2.75) is 76.0 Å². The Kier molecular flexibility index (Phi) is 6.95. The summed E-state index contributed by atoms with van der Waals surface area (Å²) < 4.78 is 0. The van der Waals surface area contributed by atoms with Gasteiger partial charge in [0.1, 0.15) is 0 Å². The van der Waals surface area contributed by atoms with Crippen LogP contribution in [0.2, 0.25) is 0 Å². The molecular formula is C54H47N. The second-order valence-electron chi connectivity index (χ2n) is 17.5. The molecule has 0 N–H and O–H groups in total. The van der Waals surface area contributed by atoms with Crippen molar-refractivity contribution in [2.75, 3.05) is 4.90 Å². The Labute approximate surface area is 326 Å². The molecule has 0 unspecified atom stereocenters. The number of hydrogen-bond acceptors (Lipinski definition) is 1. The van der Waals surface area contributed by atoms with Crippen LogP contribution in [0.1, 0.15) is 93.2 Å². The minimum atomic E-state index is -0.176. The maximum atomic E-state index is 2.63. The van der Waals surface area contributed by atoms with Gasteiger partial charge in [0.15, 0.2) is 0 Å². The summed E-state index contributed by atoms with van der Waals surface area (Å²) in [6.45, 7) is 9.61. The van der Waals surface area contributed by atoms with Crippen LogP contribution in [0.4, 0.5) is 17.1 Å². The first-order chi connectivity index (χ1) is 26.8. The van der Waals surface area contributed by atoms with Crippen LogP contribution in [0.3, 0.4) is 0 Å². The fourth-order valence-electron chi connectivity index (χ4n) is 11.6. The monoisotopic (exact) mass is 709 g/mol. The van der Waals surface area contributed by atoms with E-state index in [4.69, 9.17) is 0 Å². The maximum Gasteiger partial charge on any atom is 0.0540 e. The van der Waals surface area contributed by atoms with Gasteiger partial charge in [-0.1, -0.05) is 174 Å². The van der Waals surface area contributed by atoms with Crippen molar-refractivity contribution >= 4 is 17.1 Å². The molecule has 0 saturated heterocycles. The number of fused-ring (bicyclic) bond motifs is 11. The van der Waals surface area contributed by atoms with Gasteiger partial charge < -0.3 is 4.90 Å². The van der Waals surface area contributed by atoms with Crippen molar-refractivity contribution in [1.29, 1.82) is 0 Å². The molecule has 0 amide bonds. The van der Waals surface area contributed by atoms with Crippen molar-refractivity contribution in [3.8, 4) is 44.5 Å². The van der Waals surface area contributed by atoms with Crippen LogP contribution in [-0.2, 0) is 16.2 Å². The highest BCUT2D eigenvalue weighted by molar-refractivity contribution is 6.00. The van der Waals surface area contributed by atoms with Gasteiger partial charge >= 0.3 is 0 Å². The largest absolute Gasteiger partial charge is 0.310 e. The third-order valence-electron chi connectivity index (χ3n) is 14.1. The molecule has 1 nitrogen and oxygen atoms in total. The van der Waals surface area contributed by atoms with E-state index < -0.39 is 0 Å². The topological polar surface area (TPSA) is 3.24 Å². The highest BCUT2D eigenvalue weighted by Crippen LogP contribution is 2.60. The Morgan fingerprint density at radius 1 is 0.382 bits per heavy atom. The highest BCUT2D eigenvalue weighted by atomic mass is 15.1. The van der Waals surface area contributed by atoms with Crippen molar-refractivity contribution in [3.63, 3.8) is 0 Å². The zero-order valence-electron chi connectivity index (χ0n) is 32.4. The van der Waals surface area contributed by atoms with E-state index in [9.17, 15) is 0 Å². The Hall–Kier alpha value is -5.66. The van der Waals surface area contributed by atoms with Gasteiger partial charge in [0, 0.05) is 27.5 Å². The van der Waals surface area contributed by atoms with E-state index in [1.807, 2.05) is 0 Å². The van der Waals surface area contributed by atoms with Crippen LogP contribution in [-0.4, -0.2) is 0 Å². The van der Waals surface area contributed by atoms with Gasteiger partial charge in [0.2, 0.25) is 0 Å². The predicted molar refractivity (Wildman–Crippen MR) is 231 cm³/mol. The summed E-state index contributed by atoms with van der Waals surface area (Å²) in [5.41, 5.74) is 23.0. The molecule has 0 heterocycles. The van der Waals surface area contributed by atoms with Gasteiger partial charge in [0.05, 0.1) is 11.4 Å². The average molecular weight is 710 g/mol. The molecule has 11 rings (SSSR count). The van der Waals surface area contributed by atoms with E-state index >= 15 is 0 Å². The molecule has 55 heavy (non-hydrogen) atoms. The average Bonchev–Trinajstić information content (AvgIpc) is 3.73. The maximum absolute atomic E-state index is 2.63. The first-order valence-corrected chi connectivity index (χ1v) is 20.4. The fraction of sp³-hybridized carbons (Fsp3) is 0.222. The van der Waals surface area contributed by atoms with E-state index in [2.05, 4.69) is 184 Å². The van der Waals surface area contributed by atoms with Gasteiger partial charge in [-0.15, -0.1) is 0 Å². The third-order valence-corrected chi connectivity index (χ3v) is 14.1. The Bertz CT molecular complexity index is 2700. The van der Waals surface area contributed by atoms with E-state index in [1.54, 1.807) is 0 Å². The van der Waals surface area contributed by atoms with Crippen molar-refractivity contribution in [1.82, 2.24) is 0 Å². The predicted octanol–water partition coefficient (Wildman–Crippen LogP) is 14.7. The zero-order chi connectivity index (χ0) is 37.1. The van der Waals surface area contributed by atoms with E-state index in [0.29, 0.717) is 0 Å². The number of benzene rings is 7. The Morgan fingerprint density at radius 3 is 1.67 bits per heavy atom. The molecule has 0 atom stereocenters. The Morgan fingerprint density at radius 2 is 0.909 bits per heavy atom. The molecule has 1 spiro atoms. The first kappa shape index (κ1) is 32.7. The van der Waals surface area contributed by atoms with E-state index in [1.165, 1.54) is 127 Å². The van der Waals surface area contributed by atoms with Gasteiger partial charge in [-0.25, -0.2) is 0 Å². The zero-order valence-corrected chi connectivity index (χ0v) is 32.4. The summed E-state index contributed by atoms with van der Waals surface area (Å²) in [7, 11) is 0. The number of nitrogens with zero attached hydrogens (tertiary/aromatic N) is 1. The number of rotatable bonds is 4. The molecule has 7 aromatic carbocycles. The van der Waals surface area contributed by atoms with Gasteiger partial charge in [-0.2, -0.15) is 0 Å². The molecule has 4 aliphatic carbocycles. The van der Waals surface area contributed by atoms with Gasteiger partial charge in [0.25, 0.3) is 0 Å².